The van der Waals surface area contributed by atoms with Crippen molar-refractivity contribution in [1.82, 2.24) is 14.9 Å². The summed E-state index contributed by atoms with van der Waals surface area (Å²) in [4.78, 5) is 33.2. The first-order valence-electron chi connectivity index (χ1n) is 14.5. The minimum Gasteiger partial charge on any atom is -0.459 e. The molecule has 0 saturated carbocycles. The number of aryl methyl sites for hydroxylation is 1. The first kappa shape index (κ1) is 30.0. The van der Waals surface area contributed by atoms with Gasteiger partial charge in [0, 0.05) is 35.6 Å². The van der Waals surface area contributed by atoms with Crippen LogP contribution < -0.4 is 21.1 Å². The monoisotopic (exact) mass is 596 g/mol. The number of likely N-dealkylation sites (tertiary alicyclic amines) is 1. The lowest BCUT2D eigenvalue weighted by Gasteiger charge is -2.37. The predicted molar refractivity (Wildman–Crippen MR) is 160 cm³/mol. The van der Waals surface area contributed by atoms with Crippen molar-refractivity contribution < 1.29 is 19.5 Å². The molecule has 2 aromatic rings. The molecule has 2 saturated heterocycles. The fraction of sp³-hybridized carbons (Fsp3) is 0.621. The fourth-order valence-corrected chi connectivity index (χ4v) is 7.68. The first-order valence-corrected chi connectivity index (χ1v) is 15.3. The number of nitrogen functional groups attached to an aromatic ring is 1. The van der Waals surface area contributed by atoms with Crippen LogP contribution in [-0.4, -0.2) is 76.2 Å². The average Bonchev–Trinajstić information content (AvgIpc) is 3.53. The summed E-state index contributed by atoms with van der Waals surface area (Å²) in [6.45, 7) is 7.66. The summed E-state index contributed by atoms with van der Waals surface area (Å²) in [6, 6.07) is 4.19. The van der Waals surface area contributed by atoms with Crippen molar-refractivity contribution in [2.75, 3.05) is 37.3 Å². The molecule has 5 N–H and O–H groups in total. The maximum absolute atomic E-state index is 13.4. The van der Waals surface area contributed by atoms with Gasteiger partial charge >= 0.3 is 12.0 Å². The zero-order valence-electron chi connectivity index (χ0n) is 24.7. The number of ether oxygens (including phenoxy) is 1. The van der Waals surface area contributed by atoms with E-state index in [1.54, 1.807) is 13.0 Å². The molecule has 1 unspecified atom stereocenters. The number of nitrogens with two attached hydrogens (primary N) is 2. The van der Waals surface area contributed by atoms with E-state index in [1.807, 2.05) is 18.7 Å². The highest BCUT2D eigenvalue weighted by molar-refractivity contribution is 7.16. The second-order valence-electron chi connectivity index (χ2n) is 12.2. The Kier molecular flexibility index (Phi) is 8.33. The molecular weight excluding hydrogens is 556 g/mol. The van der Waals surface area contributed by atoms with Crippen molar-refractivity contribution in [3.05, 3.63) is 27.8 Å². The lowest BCUT2D eigenvalue weighted by molar-refractivity contribution is -0.150. The second-order valence-corrected chi connectivity index (χ2v) is 13.4. The van der Waals surface area contributed by atoms with Crippen LogP contribution in [0.2, 0.25) is 0 Å². The van der Waals surface area contributed by atoms with Gasteiger partial charge in [0.1, 0.15) is 28.7 Å². The number of nitriles is 1. The molecule has 0 amide bonds. The molecule has 42 heavy (non-hydrogen) atoms. The van der Waals surface area contributed by atoms with E-state index in [9.17, 15) is 15.2 Å². The summed E-state index contributed by atoms with van der Waals surface area (Å²) in [6.07, 6.45) is 5.44. The van der Waals surface area contributed by atoms with Crippen LogP contribution >= 0.6 is 11.3 Å². The van der Waals surface area contributed by atoms with Crippen LogP contribution in [0.15, 0.2) is 11.2 Å². The van der Waals surface area contributed by atoms with Crippen molar-refractivity contribution >= 4 is 34.0 Å². The van der Waals surface area contributed by atoms with Gasteiger partial charge in [-0.3, -0.25) is 4.90 Å². The SMILES string of the molecule is C[C@H](Oc1nc(/C(N)=N/OC(=O)C2(C)CCCc3sc(N)c(C#N)c32)cc(N2CCC[C@@](C)(O)C2)n1)[C@@H]1CCCN1C. The number of rotatable bonds is 7. The Hall–Kier alpha value is -3.47. The summed E-state index contributed by atoms with van der Waals surface area (Å²) in [5.74, 6) is -0.185. The number of likely N-dealkylation sites (N-methyl/N-ethyl adjacent to an activating group) is 1. The number of β-amino-alcohol motifs (C(OH)–C–C–N with tert-alkyl or cyclic N) is 1. The maximum atomic E-state index is 13.4. The van der Waals surface area contributed by atoms with Gasteiger partial charge in [-0.2, -0.15) is 15.2 Å². The molecule has 226 valence electrons. The van der Waals surface area contributed by atoms with Crippen LogP contribution in [0.25, 0.3) is 0 Å². The van der Waals surface area contributed by atoms with E-state index in [-0.39, 0.29) is 29.7 Å². The Labute approximate surface area is 250 Å². The zero-order valence-corrected chi connectivity index (χ0v) is 25.5. The highest BCUT2D eigenvalue weighted by Gasteiger charge is 2.45. The minimum atomic E-state index is -1.08. The highest BCUT2D eigenvalue weighted by atomic mass is 32.1. The van der Waals surface area contributed by atoms with Crippen molar-refractivity contribution in [2.45, 2.75) is 88.9 Å². The van der Waals surface area contributed by atoms with Crippen LogP contribution in [0, 0.1) is 11.3 Å². The number of carbonyl (C=O) groups is 1. The van der Waals surface area contributed by atoms with Crippen molar-refractivity contribution in [2.24, 2.45) is 10.9 Å². The largest absolute Gasteiger partial charge is 0.459 e. The lowest BCUT2D eigenvalue weighted by atomic mass is 9.72. The summed E-state index contributed by atoms with van der Waals surface area (Å²) in [5.41, 5.74) is 11.7. The quantitative estimate of drug-likeness (QED) is 0.185. The topological polar surface area (TPSA) is 176 Å². The van der Waals surface area contributed by atoms with E-state index in [0.29, 0.717) is 47.9 Å². The Morgan fingerprint density at radius 3 is 2.76 bits per heavy atom. The normalized spacial score (nSPS) is 27.3. The highest BCUT2D eigenvalue weighted by Crippen LogP contribution is 2.46. The van der Waals surface area contributed by atoms with Gasteiger partial charge in [-0.15, -0.1) is 11.3 Å². The van der Waals surface area contributed by atoms with Crippen LogP contribution in [0.1, 0.15) is 81.0 Å². The molecule has 2 aromatic heterocycles. The van der Waals surface area contributed by atoms with Gasteiger partial charge in [0.2, 0.25) is 0 Å². The number of thiophene rings is 1. The molecule has 0 radical (unpaired) electrons. The molecule has 3 aliphatic rings. The number of anilines is 2. The summed E-state index contributed by atoms with van der Waals surface area (Å²) >= 11 is 1.34. The molecular formula is C29H40N8O4S. The van der Waals surface area contributed by atoms with E-state index < -0.39 is 17.0 Å². The third kappa shape index (κ3) is 5.88. The van der Waals surface area contributed by atoms with Crippen LogP contribution in [0.3, 0.4) is 0 Å². The molecule has 2 fully saturated rings. The van der Waals surface area contributed by atoms with E-state index >= 15 is 0 Å². The number of piperidine rings is 1. The fourth-order valence-electron chi connectivity index (χ4n) is 6.49. The van der Waals surface area contributed by atoms with Crippen molar-refractivity contribution in [3.63, 3.8) is 0 Å². The van der Waals surface area contributed by atoms with Crippen LogP contribution in [0.4, 0.5) is 10.8 Å². The Bertz CT molecular complexity index is 1420. The molecule has 5 rings (SSSR count). The molecule has 12 nitrogen and oxygen atoms in total. The average molecular weight is 597 g/mol. The number of hydrogen-bond acceptors (Lipinski definition) is 12. The van der Waals surface area contributed by atoms with Crippen molar-refractivity contribution in [3.8, 4) is 12.1 Å². The number of aliphatic hydroxyl groups is 1. The third-order valence-corrected chi connectivity index (χ3v) is 9.87. The van der Waals surface area contributed by atoms with Gasteiger partial charge in [-0.1, -0.05) is 5.16 Å². The van der Waals surface area contributed by atoms with Gasteiger partial charge in [0.15, 0.2) is 5.84 Å². The number of amidine groups is 1. The van der Waals surface area contributed by atoms with E-state index in [1.165, 1.54) is 11.3 Å². The van der Waals surface area contributed by atoms with E-state index in [2.05, 4.69) is 33.1 Å². The van der Waals surface area contributed by atoms with Gasteiger partial charge in [0.05, 0.1) is 16.6 Å². The number of aromatic nitrogens is 2. The number of carbonyl (C=O) groups excluding carboxylic acids is 1. The summed E-state index contributed by atoms with van der Waals surface area (Å²) < 4.78 is 6.23. The van der Waals surface area contributed by atoms with Crippen LogP contribution in [0.5, 0.6) is 6.01 Å². The molecule has 4 atom stereocenters. The number of nitrogens with zero attached hydrogens (tertiary/aromatic N) is 6. The van der Waals surface area contributed by atoms with Gasteiger partial charge in [-0.05, 0) is 79.3 Å². The Balaban J connectivity index is 1.42. The Morgan fingerprint density at radius 1 is 1.29 bits per heavy atom. The number of oxime groups is 1. The molecule has 0 spiro atoms. The Morgan fingerprint density at radius 2 is 2.07 bits per heavy atom. The maximum Gasteiger partial charge on any atom is 0.345 e. The van der Waals surface area contributed by atoms with E-state index in [4.69, 9.17) is 21.0 Å². The van der Waals surface area contributed by atoms with Crippen LogP contribution in [-0.2, 0) is 21.5 Å². The number of hydrogen-bond donors (Lipinski definition) is 3. The standard InChI is InChI=1S/C29H40N8O4S/c1-17(20-8-6-12-36(20)4)40-27-33-19(14-22(34-27)37-13-7-10-28(2,39)16-37)24(31)35-41-26(38)29(3)11-5-9-21-23(29)18(15-30)25(32)42-21/h14,17,20,39H,5-13,16,32H2,1-4H3,(H2,31,35)/t17-,20-,28+,29?/m0/s1. The summed E-state index contributed by atoms with van der Waals surface area (Å²) in [7, 11) is 2.08. The van der Waals surface area contributed by atoms with E-state index in [0.717, 1.165) is 43.5 Å². The minimum absolute atomic E-state index is 0.115. The molecule has 1 aliphatic carbocycles. The van der Waals surface area contributed by atoms with Crippen molar-refractivity contribution in [1.29, 1.82) is 5.26 Å². The molecule has 2 aliphatic heterocycles. The predicted octanol–water partition coefficient (Wildman–Crippen LogP) is 2.66. The molecule has 4 heterocycles. The van der Waals surface area contributed by atoms with Gasteiger partial charge in [-0.25, -0.2) is 4.79 Å². The zero-order chi connectivity index (χ0) is 30.2. The molecule has 13 heteroatoms. The smallest absolute Gasteiger partial charge is 0.345 e. The first-order chi connectivity index (χ1) is 19.9. The van der Waals surface area contributed by atoms with Gasteiger partial charge < -0.3 is 31.0 Å². The number of fused-ring (bicyclic) bond motifs is 1. The molecule has 0 bridgehead atoms. The third-order valence-electron chi connectivity index (χ3n) is 8.79. The van der Waals surface area contributed by atoms with Gasteiger partial charge in [0.25, 0.3) is 0 Å². The summed E-state index contributed by atoms with van der Waals surface area (Å²) in [5, 5.41) is 24.8. The second kappa shape index (κ2) is 11.7. The lowest BCUT2D eigenvalue weighted by Crippen LogP contribution is -2.46. The molecule has 0 aromatic carbocycles.